The molecule has 0 unspecified atom stereocenters. The number of carboxylic acids is 1. The van der Waals surface area contributed by atoms with Gasteiger partial charge in [0.2, 0.25) is 5.91 Å². The second-order valence-corrected chi connectivity index (χ2v) is 5.02. The Hall–Kier alpha value is -2.04. The van der Waals surface area contributed by atoms with Crippen LogP contribution >= 0.6 is 0 Å². The van der Waals surface area contributed by atoms with Gasteiger partial charge in [-0.15, -0.1) is 0 Å². The standard InChI is InChI=1S/C14H15NO4/c16-13(9-7-10(9)14(17)18)15-11-5-6-19-12-4-2-1-3-8(11)12/h1-4,9-11H,5-7H2,(H,15,16)(H,17,18)/t9-,10-,11-/m1/s1. The van der Waals surface area contributed by atoms with E-state index in [-0.39, 0.29) is 17.9 Å². The van der Waals surface area contributed by atoms with E-state index < -0.39 is 11.9 Å². The summed E-state index contributed by atoms with van der Waals surface area (Å²) in [5, 5.41) is 11.8. The molecule has 1 aliphatic carbocycles. The Morgan fingerprint density at radius 3 is 2.79 bits per heavy atom. The molecule has 0 radical (unpaired) electrons. The Morgan fingerprint density at radius 1 is 1.26 bits per heavy atom. The van der Waals surface area contributed by atoms with E-state index in [2.05, 4.69) is 5.32 Å². The number of rotatable bonds is 3. The van der Waals surface area contributed by atoms with Gasteiger partial charge in [-0.1, -0.05) is 18.2 Å². The van der Waals surface area contributed by atoms with Crippen molar-refractivity contribution in [3.05, 3.63) is 29.8 Å². The Bertz CT molecular complexity index is 528. The van der Waals surface area contributed by atoms with E-state index in [1.807, 2.05) is 24.3 Å². The summed E-state index contributed by atoms with van der Waals surface area (Å²) in [7, 11) is 0. The van der Waals surface area contributed by atoms with Crippen molar-refractivity contribution in [1.82, 2.24) is 5.32 Å². The summed E-state index contributed by atoms with van der Waals surface area (Å²) < 4.78 is 5.53. The molecule has 1 aromatic carbocycles. The van der Waals surface area contributed by atoms with Crippen LogP contribution in [0.1, 0.15) is 24.4 Å². The normalized spacial score (nSPS) is 27.9. The average molecular weight is 261 g/mol. The number of amides is 1. The largest absolute Gasteiger partial charge is 0.493 e. The average Bonchev–Trinajstić information content (AvgIpc) is 3.19. The zero-order chi connectivity index (χ0) is 13.4. The number of hydrogen-bond donors (Lipinski definition) is 2. The molecule has 5 heteroatoms. The maximum absolute atomic E-state index is 12.0. The number of carboxylic acid groups (broad SMARTS) is 1. The number of para-hydroxylation sites is 1. The molecule has 1 aliphatic heterocycles. The number of carbonyl (C=O) groups excluding carboxylic acids is 1. The van der Waals surface area contributed by atoms with Crippen molar-refractivity contribution in [2.45, 2.75) is 18.9 Å². The van der Waals surface area contributed by atoms with Crippen molar-refractivity contribution in [1.29, 1.82) is 0 Å². The van der Waals surface area contributed by atoms with Crippen molar-refractivity contribution >= 4 is 11.9 Å². The smallest absolute Gasteiger partial charge is 0.307 e. The predicted octanol–water partition coefficient (Wildman–Crippen LogP) is 1.35. The second kappa shape index (κ2) is 4.57. The summed E-state index contributed by atoms with van der Waals surface area (Å²) in [5.41, 5.74) is 0.967. The van der Waals surface area contributed by atoms with Gasteiger partial charge in [-0.25, -0.2) is 0 Å². The lowest BCUT2D eigenvalue weighted by molar-refractivity contribution is -0.140. The lowest BCUT2D eigenvalue weighted by atomic mass is 10.0. The molecule has 100 valence electrons. The van der Waals surface area contributed by atoms with Crippen LogP contribution in [0.15, 0.2) is 24.3 Å². The fraction of sp³-hybridized carbons (Fsp3) is 0.429. The first kappa shape index (κ1) is 12.0. The van der Waals surface area contributed by atoms with Crippen LogP contribution in [0.5, 0.6) is 5.75 Å². The fourth-order valence-electron chi connectivity index (χ4n) is 2.53. The predicted molar refractivity (Wildman–Crippen MR) is 66.7 cm³/mol. The van der Waals surface area contributed by atoms with Gasteiger partial charge in [0.15, 0.2) is 0 Å². The number of carbonyl (C=O) groups is 2. The van der Waals surface area contributed by atoms with Gasteiger partial charge in [0.05, 0.1) is 24.5 Å². The molecule has 0 saturated heterocycles. The highest BCUT2D eigenvalue weighted by Crippen LogP contribution is 2.40. The molecule has 1 amide bonds. The van der Waals surface area contributed by atoms with Crippen LogP contribution in [0.3, 0.4) is 0 Å². The molecule has 19 heavy (non-hydrogen) atoms. The SMILES string of the molecule is O=C(O)[C@@H]1C[C@H]1C(=O)N[C@@H]1CCOc2ccccc21. The molecule has 2 aliphatic rings. The van der Waals surface area contributed by atoms with Crippen molar-refractivity contribution in [3.8, 4) is 5.75 Å². The first-order valence-corrected chi connectivity index (χ1v) is 6.41. The van der Waals surface area contributed by atoms with Crippen LogP contribution in [0.2, 0.25) is 0 Å². The van der Waals surface area contributed by atoms with Gasteiger partial charge in [-0.3, -0.25) is 9.59 Å². The maximum Gasteiger partial charge on any atom is 0.307 e. The summed E-state index contributed by atoms with van der Waals surface area (Å²) in [6.45, 7) is 0.564. The highest BCUT2D eigenvalue weighted by molar-refractivity contribution is 5.89. The van der Waals surface area contributed by atoms with Crippen molar-refractivity contribution in [2.75, 3.05) is 6.61 Å². The first-order valence-electron chi connectivity index (χ1n) is 6.41. The Morgan fingerprint density at radius 2 is 2.05 bits per heavy atom. The number of ether oxygens (including phenoxy) is 1. The van der Waals surface area contributed by atoms with E-state index >= 15 is 0 Å². The van der Waals surface area contributed by atoms with Crippen LogP contribution in [0.25, 0.3) is 0 Å². The van der Waals surface area contributed by atoms with Crippen molar-refractivity contribution in [2.24, 2.45) is 11.8 Å². The number of benzene rings is 1. The van der Waals surface area contributed by atoms with Crippen LogP contribution in [0, 0.1) is 11.8 Å². The van der Waals surface area contributed by atoms with Crippen molar-refractivity contribution in [3.63, 3.8) is 0 Å². The Balaban J connectivity index is 1.68. The summed E-state index contributed by atoms with van der Waals surface area (Å²) in [6.07, 6.45) is 1.17. The van der Waals surface area contributed by atoms with E-state index in [9.17, 15) is 9.59 Å². The topological polar surface area (TPSA) is 75.6 Å². The minimum absolute atomic E-state index is 0.0764. The van der Waals surface area contributed by atoms with Crippen LogP contribution in [-0.4, -0.2) is 23.6 Å². The number of hydrogen-bond acceptors (Lipinski definition) is 3. The molecular weight excluding hydrogens is 246 g/mol. The summed E-state index contributed by atoms with van der Waals surface area (Å²) in [4.78, 5) is 22.7. The summed E-state index contributed by atoms with van der Waals surface area (Å²) in [6, 6.07) is 7.53. The third-order valence-electron chi connectivity index (χ3n) is 3.72. The van der Waals surface area contributed by atoms with Crippen LogP contribution in [-0.2, 0) is 9.59 Å². The summed E-state index contributed by atoms with van der Waals surface area (Å²) >= 11 is 0. The molecule has 1 aromatic rings. The van der Waals surface area contributed by atoms with Gasteiger partial charge in [-0.2, -0.15) is 0 Å². The quantitative estimate of drug-likeness (QED) is 0.861. The third-order valence-corrected chi connectivity index (χ3v) is 3.72. The highest BCUT2D eigenvalue weighted by Gasteiger charge is 2.48. The Labute approximate surface area is 110 Å². The molecule has 1 fully saturated rings. The van der Waals surface area contributed by atoms with Gasteiger partial charge in [-0.05, 0) is 12.5 Å². The highest BCUT2D eigenvalue weighted by atomic mass is 16.5. The minimum atomic E-state index is -0.882. The molecule has 3 rings (SSSR count). The number of aliphatic carboxylic acids is 1. The molecule has 0 bridgehead atoms. The van der Waals surface area contributed by atoms with E-state index in [1.54, 1.807) is 0 Å². The molecule has 1 saturated carbocycles. The van der Waals surface area contributed by atoms with Gasteiger partial charge in [0.25, 0.3) is 0 Å². The number of fused-ring (bicyclic) bond motifs is 1. The van der Waals surface area contributed by atoms with E-state index in [0.717, 1.165) is 11.3 Å². The van der Waals surface area contributed by atoms with Gasteiger partial charge >= 0.3 is 5.97 Å². The molecule has 2 N–H and O–H groups in total. The lowest BCUT2D eigenvalue weighted by Crippen LogP contribution is -2.33. The molecule has 5 nitrogen and oxygen atoms in total. The molecule has 1 heterocycles. The summed E-state index contributed by atoms with van der Waals surface area (Å²) in [5.74, 6) is -1.12. The molecular formula is C14H15NO4. The van der Waals surface area contributed by atoms with E-state index in [4.69, 9.17) is 9.84 Å². The molecule has 0 spiro atoms. The monoisotopic (exact) mass is 261 g/mol. The first-order chi connectivity index (χ1) is 9.16. The van der Waals surface area contributed by atoms with Gasteiger partial charge in [0, 0.05) is 12.0 Å². The Kier molecular flexibility index (Phi) is 2.89. The third kappa shape index (κ3) is 2.28. The molecule has 3 atom stereocenters. The zero-order valence-electron chi connectivity index (χ0n) is 10.3. The second-order valence-electron chi connectivity index (χ2n) is 5.02. The zero-order valence-corrected chi connectivity index (χ0v) is 10.3. The van der Waals surface area contributed by atoms with Gasteiger partial charge in [0.1, 0.15) is 5.75 Å². The minimum Gasteiger partial charge on any atom is -0.493 e. The van der Waals surface area contributed by atoms with Crippen molar-refractivity contribution < 1.29 is 19.4 Å². The van der Waals surface area contributed by atoms with Gasteiger partial charge < -0.3 is 15.2 Å². The lowest BCUT2D eigenvalue weighted by Gasteiger charge is -2.26. The van der Waals surface area contributed by atoms with Crippen LogP contribution in [0.4, 0.5) is 0 Å². The van der Waals surface area contributed by atoms with E-state index in [0.29, 0.717) is 19.4 Å². The van der Waals surface area contributed by atoms with E-state index in [1.165, 1.54) is 0 Å². The number of nitrogens with one attached hydrogen (secondary N) is 1. The van der Waals surface area contributed by atoms with Crippen LogP contribution < -0.4 is 10.1 Å². The molecule has 0 aromatic heterocycles. The maximum atomic E-state index is 12.0. The fourth-order valence-corrected chi connectivity index (χ4v) is 2.53.